The minimum absolute atomic E-state index is 1.08. The molecule has 1 heterocycles. The van der Waals surface area contributed by atoms with Crippen molar-refractivity contribution in [2.75, 3.05) is 0 Å². The fourth-order valence-electron chi connectivity index (χ4n) is 2.17. The average molecular weight is 212 g/mol. The number of benzene rings is 1. The van der Waals surface area contributed by atoms with Crippen LogP contribution in [0.25, 0.3) is 11.3 Å². The Balaban J connectivity index is 2.68. The van der Waals surface area contributed by atoms with Crippen LogP contribution >= 0.6 is 0 Å². The predicted octanol–water partition coefficient (Wildman–Crippen LogP) is 3.05. The Hall–Kier alpha value is -1.63. The third-order valence-electron chi connectivity index (χ3n) is 3.05. The van der Waals surface area contributed by atoms with Gasteiger partial charge in [-0.05, 0) is 30.5 Å². The number of nitrogens with zero attached hydrogens (tertiary/aromatic N) is 1. The van der Waals surface area contributed by atoms with Crippen molar-refractivity contribution in [3.8, 4) is 11.3 Å². The zero-order valence-electron chi connectivity index (χ0n) is 10.2. The van der Waals surface area contributed by atoms with Gasteiger partial charge in [0.05, 0.1) is 5.56 Å². The molecule has 1 aromatic heterocycles. The van der Waals surface area contributed by atoms with Gasteiger partial charge in [-0.3, -0.25) is 0 Å². The number of hydrogen-bond donors (Lipinski definition) is 0. The highest BCUT2D eigenvalue weighted by Gasteiger charge is 2.14. The quantitative estimate of drug-likeness (QED) is 0.674. The van der Waals surface area contributed by atoms with Gasteiger partial charge in [0, 0.05) is 12.1 Å². The topological polar surface area (TPSA) is 3.88 Å². The van der Waals surface area contributed by atoms with Crippen LogP contribution in [0, 0.1) is 6.92 Å². The van der Waals surface area contributed by atoms with Crippen LogP contribution in [0.4, 0.5) is 0 Å². The molecule has 0 atom stereocenters. The fourth-order valence-corrected chi connectivity index (χ4v) is 2.17. The van der Waals surface area contributed by atoms with Gasteiger partial charge in [0.1, 0.15) is 7.05 Å². The number of pyridine rings is 1. The Morgan fingerprint density at radius 3 is 2.56 bits per heavy atom. The van der Waals surface area contributed by atoms with Gasteiger partial charge in [0.15, 0.2) is 6.20 Å². The van der Waals surface area contributed by atoms with Crippen molar-refractivity contribution in [2.24, 2.45) is 7.05 Å². The highest BCUT2D eigenvalue weighted by molar-refractivity contribution is 5.65. The number of rotatable bonds is 2. The molecule has 1 nitrogen and oxygen atoms in total. The maximum Gasteiger partial charge on any atom is 0.212 e. The lowest BCUT2D eigenvalue weighted by Crippen LogP contribution is -2.30. The van der Waals surface area contributed by atoms with E-state index in [2.05, 4.69) is 68.1 Å². The number of hydrogen-bond acceptors (Lipinski definition) is 0. The summed E-state index contributed by atoms with van der Waals surface area (Å²) < 4.78 is 2.18. The zero-order valence-corrected chi connectivity index (χ0v) is 10.2. The molecule has 0 bridgehead atoms. The predicted molar refractivity (Wildman–Crippen MR) is 67.2 cm³/mol. The minimum Gasteiger partial charge on any atom is -0.201 e. The first kappa shape index (κ1) is 10.9. The minimum atomic E-state index is 1.08. The summed E-state index contributed by atoms with van der Waals surface area (Å²) in [5.74, 6) is 0. The van der Waals surface area contributed by atoms with Crippen molar-refractivity contribution in [1.29, 1.82) is 0 Å². The molecule has 1 heteroatoms. The lowest BCUT2D eigenvalue weighted by Gasteiger charge is -2.09. The van der Waals surface area contributed by atoms with Crippen LogP contribution in [0.3, 0.4) is 0 Å². The smallest absolute Gasteiger partial charge is 0.201 e. The van der Waals surface area contributed by atoms with Gasteiger partial charge in [-0.1, -0.05) is 25.1 Å². The van der Waals surface area contributed by atoms with Crippen LogP contribution in [-0.4, -0.2) is 0 Å². The molecule has 0 aliphatic heterocycles. The molecule has 0 fully saturated rings. The first-order valence-corrected chi connectivity index (χ1v) is 5.77. The zero-order chi connectivity index (χ0) is 11.5. The van der Waals surface area contributed by atoms with E-state index in [0.717, 1.165) is 6.42 Å². The van der Waals surface area contributed by atoms with Crippen molar-refractivity contribution < 1.29 is 4.57 Å². The third kappa shape index (κ3) is 1.85. The van der Waals surface area contributed by atoms with E-state index in [1.165, 1.54) is 22.4 Å². The van der Waals surface area contributed by atoms with Crippen LogP contribution in [-0.2, 0) is 13.5 Å². The van der Waals surface area contributed by atoms with Crippen LogP contribution in [0.15, 0.2) is 42.6 Å². The highest BCUT2D eigenvalue weighted by atomic mass is 14.9. The second-order valence-corrected chi connectivity index (χ2v) is 4.16. The molecular weight excluding hydrogens is 194 g/mol. The van der Waals surface area contributed by atoms with Crippen LogP contribution < -0.4 is 4.57 Å². The van der Waals surface area contributed by atoms with Gasteiger partial charge in [-0.2, -0.15) is 0 Å². The Kier molecular flexibility index (Phi) is 3.04. The van der Waals surface area contributed by atoms with E-state index in [1.54, 1.807) is 0 Å². The molecule has 0 spiro atoms. The SMILES string of the molecule is CCc1cccc(C)c1-c1cccc[n+]1C. The van der Waals surface area contributed by atoms with Gasteiger partial charge >= 0.3 is 0 Å². The van der Waals surface area contributed by atoms with Crippen molar-refractivity contribution in [2.45, 2.75) is 20.3 Å². The molecule has 0 amide bonds. The summed E-state index contributed by atoms with van der Waals surface area (Å²) >= 11 is 0. The Morgan fingerprint density at radius 2 is 1.88 bits per heavy atom. The Morgan fingerprint density at radius 1 is 1.06 bits per heavy atom. The highest BCUT2D eigenvalue weighted by Crippen LogP contribution is 2.24. The first-order valence-electron chi connectivity index (χ1n) is 5.77. The van der Waals surface area contributed by atoms with Gasteiger partial charge in [-0.25, -0.2) is 4.57 Å². The standard InChI is InChI=1S/C15H18N/c1-4-13-9-7-8-12(2)15(13)14-10-5-6-11-16(14)3/h5-11H,4H2,1-3H3/q+1. The number of aromatic nitrogens is 1. The molecule has 0 aliphatic carbocycles. The third-order valence-corrected chi connectivity index (χ3v) is 3.05. The van der Waals surface area contributed by atoms with E-state index in [0.29, 0.717) is 0 Å². The molecule has 82 valence electrons. The molecule has 16 heavy (non-hydrogen) atoms. The summed E-state index contributed by atoms with van der Waals surface area (Å²) in [5, 5.41) is 0. The van der Waals surface area contributed by atoms with Crippen molar-refractivity contribution in [1.82, 2.24) is 0 Å². The van der Waals surface area contributed by atoms with E-state index in [1.807, 2.05) is 0 Å². The molecule has 2 aromatic rings. The summed E-state index contributed by atoms with van der Waals surface area (Å²) in [4.78, 5) is 0. The maximum absolute atomic E-state index is 2.22. The van der Waals surface area contributed by atoms with E-state index < -0.39 is 0 Å². The second kappa shape index (κ2) is 4.48. The van der Waals surface area contributed by atoms with Crippen molar-refractivity contribution >= 4 is 0 Å². The van der Waals surface area contributed by atoms with E-state index >= 15 is 0 Å². The van der Waals surface area contributed by atoms with Gasteiger partial charge in [0.25, 0.3) is 0 Å². The van der Waals surface area contributed by atoms with Gasteiger partial charge < -0.3 is 0 Å². The molecule has 0 N–H and O–H groups in total. The number of aryl methyl sites for hydroxylation is 3. The second-order valence-electron chi connectivity index (χ2n) is 4.16. The fraction of sp³-hybridized carbons (Fsp3) is 0.267. The van der Waals surface area contributed by atoms with E-state index in [9.17, 15) is 0 Å². The van der Waals surface area contributed by atoms with E-state index in [4.69, 9.17) is 0 Å². The summed E-state index contributed by atoms with van der Waals surface area (Å²) in [6, 6.07) is 12.9. The Labute approximate surface area is 97.4 Å². The molecule has 0 saturated heterocycles. The van der Waals surface area contributed by atoms with Crippen LogP contribution in [0.5, 0.6) is 0 Å². The van der Waals surface area contributed by atoms with Crippen LogP contribution in [0.2, 0.25) is 0 Å². The summed E-state index contributed by atoms with van der Waals surface area (Å²) in [7, 11) is 2.10. The largest absolute Gasteiger partial charge is 0.212 e. The molecule has 0 saturated carbocycles. The molecular formula is C15H18N+. The monoisotopic (exact) mass is 212 g/mol. The maximum atomic E-state index is 2.22. The van der Waals surface area contributed by atoms with Crippen LogP contribution in [0.1, 0.15) is 18.1 Å². The van der Waals surface area contributed by atoms with Crippen molar-refractivity contribution in [3.05, 3.63) is 53.7 Å². The summed E-state index contributed by atoms with van der Waals surface area (Å²) in [6.07, 6.45) is 3.17. The Bertz CT molecular complexity index is 501. The van der Waals surface area contributed by atoms with Crippen molar-refractivity contribution in [3.63, 3.8) is 0 Å². The normalized spacial score (nSPS) is 10.4. The molecule has 0 aliphatic rings. The first-order chi connectivity index (χ1) is 7.74. The summed E-state index contributed by atoms with van der Waals surface area (Å²) in [6.45, 7) is 4.39. The average Bonchev–Trinajstić information content (AvgIpc) is 2.30. The molecule has 0 unspecified atom stereocenters. The van der Waals surface area contributed by atoms with Gasteiger partial charge in [0.2, 0.25) is 5.69 Å². The lowest BCUT2D eigenvalue weighted by atomic mass is 9.97. The molecule has 2 rings (SSSR count). The van der Waals surface area contributed by atoms with E-state index in [-0.39, 0.29) is 0 Å². The lowest BCUT2D eigenvalue weighted by molar-refractivity contribution is -0.660. The summed E-state index contributed by atoms with van der Waals surface area (Å²) in [5.41, 5.74) is 5.44. The molecule has 1 aromatic carbocycles. The van der Waals surface area contributed by atoms with Gasteiger partial charge in [-0.15, -0.1) is 0 Å². The molecule has 0 radical (unpaired) electrons.